The van der Waals surface area contributed by atoms with Gasteiger partial charge in [-0.2, -0.15) is 0 Å². The van der Waals surface area contributed by atoms with Gasteiger partial charge in [0.25, 0.3) is 0 Å². The van der Waals surface area contributed by atoms with Crippen molar-refractivity contribution in [3.8, 4) is 17.6 Å². The molecule has 2 N–H and O–H groups in total. The van der Waals surface area contributed by atoms with Crippen LogP contribution in [0.25, 0.3) is 0 Å². The normalized spacial score (nSPS) is 22.2. The molecule has 0 bridgehead atoms. The number of ether oxygens (including phenoxy) is 1. The number of aliphatic hydroxyl groups excluding tert-OH is 1. The van der Waals surface area contributed by atoms with Gasteiger partial charge in [0.05, 0.1) is 13.7 Å². The number of hydrogen-bond acceptors (Lipinski definition) is 4. The molecular weight excluding hydrogens is 438 g/mol. The number of hydrogen-bond donors (Lipinski definition) is 2. The number of carbonyl (C=O) groups is 1. The number of benzene rings is 2. The Morgan fingerprint density at radius 3 is 2.49 bits per heavy atom. The average Bonchev–Trinajstić information content (AvgIpc) is 2.84. The number of urea groups is 1. The number of aliphatic hydroxyl groups is 1. The van der Waals surface area contributed by atoms with Gasteiger partial charge in [0.1, 0.15) is 5.75 Å². The molecule has 4 rings (SSSR count). The number of nitrogens with one attached hydrogen (secondary N) is 1. The molecule has 6 heteroatoms. The molecule has 2 amide bonds. The van der Waals surface area contributed by atoms with E-state index in [4.69, 9.17) is 4.74 Å². The number of methoxy groups -OCH3 is 1. The van der Waals surface area contributed by atoms with E-state index in [0.29, 0.717) is 12.5 Å². The van der Waals surface area contributed by atoms with Gasteiger partial charge in [-0.25, -0.2) is 4.79 Å². The van der Waals surface area contributed by atoms with Crippen LogP contribution in [-0.2, 0) is 0 Å². The maximum atomic E-state index is 13.2. The SMILES string of the molecule is COc1ccc(NC(=O)N2CCCCN3[C@H](CO)[C@H](c4ccc(C#CCC(C)C)cc4)[C@@H]3C2)cc1. The van der Waals surface area contributed by atoms with Crippen molar-refractivity contribution in [3.63, 3.8) is 0 Å². The molecule has 2 aliphatic heterocycles. The molecule has 2 heterocycles. The summed E-state index contributed by atoms with van der Waals surface area (Å²) < 4.78 is 5.21. The van der Waals surface area contributed by atoms with Gasteiger partial charge in [0.15, 0.2) is 0 Å². The van der Waals surface area contributed by atoms with E-state index in [9.17, 15) is 9.90 Å². The summed E-state index contributed by atoms with van der Waals surface area (Å²) in [4.78, 5) is 17.5. The van der Waals surface area contributed by atoms with Crippen LogP contribution in [0.15, 0.2) is 48.5 Å². The van der Waals surface area contributed by atoms with Crippen LogP contribution >= 0.6 is 0 Å². The Labute approximate surface area is 209 Å². The third-order valence-electron chi connectivity index (χ3n) is 7.04. The predicted octanol–water partition coefficient (Wildman–Crippen LogP) is 4.55. The Bertz CT molecular complexity index is 1040. The van der Waals surface area contributed by atoms with Crippen LogP contribution in [0.3, 0.4) is 0 Å². The van der Waals surface area contributed by atoms with Gasteiger partial charge in [0.2, 0.25) is 0 Å². The number of fused-ring (bicyclic) bond motifs is 1. The average molecular weight is 476 g/mol. The smallest absolute Gasteiger partial charge is 0.321 e. The molecular formula is C29H37N3O3. The van der Waals surface area contributed by atoms with Gasteiger partial charge >= 0.3 is 6.03 Å². The Morgan fingerprint density at radius 2 is 1.83 bits per heavy atom. The fourth-order valence-corrected chi connectivity index (χ4v) is 5.15. The number of carbonyl (C=O) groups excluding carboxylic acids is 1. The molecule has 2 saturated heterocycles. The fourth-order valence-electron chi connectivity index (χ4n) is 5.15. The molecule has 186 valence electrons. The maximum absolute atomic E-state index is 13.2. The lowest BCUT2D eigenvalue weighted by Crippen LogP contribution is -2.68. The maximum Gasteiger partial charge on any atom is 0.321 e. The quantitative estimate of drug-likeness (QED) is 0.623. The second-order valence-corrected chi connectivity index (χ2v) is 9.91. The first kappa shape index (κ1) is 25.1. The van der Waals surface area contributed by atoms with E-state index in [2.05, 4.69) is 60.2 Å². The third-order valence-corrected chi connectivity index (χ3v) is 7.04. The van der Waals surface area contributed by atoms with Crippen molar-refractivity contribution in [1.82, 2.24) is 9.80 Å². The van der Waals surface area contributed by atoms with E-state index in [1.165, 1.54) is 5.56 Å². The lowest BCUT2D eigenvalue weighted by molar-refractivity contribution is -0.0585. The summed E-state index contributed by atoms with van der Waals surface area (Å²) in [5.41, 5.74) is 2.97. The fraction of sp³-hybridized carbons (Fsp3) is 0.483. The lowest BCUT2D eigenvalue weighted by Gasteiger charge is -2.57. The minimum Gasteiger partial charge on any atom is -0.497 e. The van der Waals surface area contributed by atoms with Crippen LogP contribution in [0.1, 0.15) is 50.2 Å². The summed E-state index contributed by atoms with van der Waals surface area (Å²) >= 11 is 0. The zero-order valence-electron chi connectivity index (χ0n) is 21.0. The summed E-state index contributed by atoms with van der Waals surface area (Å²) in [5.74, 6) is 8.01. The highest BCUT2D eigenvalue weighted by molar-refractivity contribution is 5.89. The molecule has 2 aliphatic rings. The Balaban J connectivity index is 1.47. The first-order chi connectivity index (χ1) is 17.0. The Kier molecular flexibility index (Phi) is 8.33. The van der Waals surface area contributed by atoms with Crippen molar-refractivity contribution in [2.24, 2.45) is 5.92 Å². The molecule has 0 radical (unpaired) electrons. The van der Waals surface area contributed by atoms with Crippen molar-refractivity contribution >= 4 is 11.7 Å². The summed E-state index contributed by atoms with van der Waals surface area (Å²) in [6.45, 7) is 6.79. The first-order valence-electron chi connectivity index (χ1n) is 12.7. The molecule has 3 atom stereocenters. The van der Waals surface area contributed by atoms with E-state index in [0.717, 1.165) is 49.4 Å². The largest absolute Gasteiger partial charge is 0.497 e. The first-order valence-corrected chi connectivity index (χ1v) is 12.7. The van der Waals surface area contributed by atoms with Crippen LogP contribution in [-0.4, -0.2) is 66.4 Å². The van der Waals surface area contributed by atoms with Gasteiger partial charge in [-0.05, 0) is 67.3 Å². The lowest BCUT2D eigenvalue weighted by atomic mass is 9.74. The van der Waals surface area contributed by atoms with Gasteiger partial charge in [-0.3, -0.25) is 4.90 Å². The predicted molar refractivity (Wildman–Crippen MR) is 140 cm³/mol. The van der Waals surface area contributed by atoms with Crippen LogP contribution < -0.4 is 10.1 Å². The topological polar surface area (TPSA) is 65.0 Å². The molecule has 0 unspecified atom stereocenters. The second kappa shape index (κ2) is 11.6. The third kappa shape index (κ3) is 5.98. The number of nitrogens with zero attached hydrogens (tertiary/aromatic N) is 2. The second-order valence-electron chi connectivity index (χ2n) is 9.91. The van der Waals surface area contributed by atoms with Crippen LogP contribution in [0, 0.1) is 17.8 Å². The molecule has 0 saturated carbocycles. The van der Waals surface area contributed by atoms with Gasteiger partial charge in [-0.15, -0.1) is 0 Å². The highest BCUT2D eigenvalue weighted by Gasteiger charge is 2.49. The van der Waals surface area contributed by atoms with Crippen molar-refractivity contribution in [2.45, 2.75) is 51.1 Å². The van der Waals surface area contributed by atoms with E-state index < -0.39 is 0 Å². The number of anilines is 1. The van der Waals surface area contributed by atoms with Gasteiger partial charge in [0, 0.05) is 48.8 Å². The van der Waals surface area contributed by atoms with E-state index >= 15 is 0 Å². The summed E-state index contributed by atoms with van der Waals surface area (Å²) in [6.07, 6.45) is 2.85. The Hall–Kier alpha value is -3.01. The molecule has 0 aliphatic carbocycles. The van der Waals surface area contributed by atoms with E-state index in [1.807, 2.05) is 29.2 Å². The highest BCUT2D eigenvalue weighted by atomic mass is 16.5. The van der Waals surface area contributed by atoms with Gasteiger partial charge in [-0.1, -0.05) is 37.8 Å². The number of rotatable bonds is 5. The molecule has 35 heavy (non-hydrogen) atoms. The van der Waals surface area contributed by atoms with Crippen molar-refractivity contribution in [1.29, 1.82) is 0 Å². The van der Waals surface area contributed by atoms with Crippen LogP contribution in [0.4, 0.5) is 10.5 Å². The monoisotopic (exact) mass is 475 g/mol. The van der Waals surface area contributed by atoms with Crippen molar-refractivity contribution in [2.75, 3.05) is 38.7 Å². The highest BCUT2D eigenvalue weighted by Crippen LogP contribution is 2.42. The molecule has 0 spiro atoms. The zero-order chi connectivity index (χ0) is 24.8. The number of amides is 2. The minimum atomic E-state index is -0.0843. The summed E-state index contributed by atoms with van der Waals surface area (Å²) in [7, 11) is 1.63. The summed E-state index contributed by atoms with van der Waals surface area (Å²) in [5, 5.41) is 13.2. The van der Waals surface area contributed by atoms with Crippen molar-refractivity contribution < 1.29 is 14.6 Å². The van der Waals surface area contributed by atoms with Crippen LogP contribution in [0.2, 0.25) is 0 Å². The van der Waals surface area contributed by atoms with E-state index in [1.54, 1.807) is 7.11 Å². The molecule has 6 nitrogen and oxygen atoms in total. The standard InChI is InChI=1S/C29H37N3O3/c1-21(2)7-6-8-22-9-11-23(12-10-22)28-26-19-31(17-4-5-18-32(26)27(28)20-33)29(34)30-24-13-15-25(35-3)16-14-24/h9-16,21,26-28,33H,4-5,7,17-20H2,1-3H3,(H,30,34)/t26-,27+,28+/m0/s1. The summed E-state index contributed by atoms with van der Waals surface area (Å²) in [6, 6.07) is 16.0. The minimum absolute atomic E-state index is 0.0843. The zero-order valence-corrected chi connectivity index (χ0v) is 21.0. The molecule has 2 aromatic rings. The van der Waals surface area contributed by atoms with Crippen LogP contribution in [0.5, 0.6) is 5.75 Å². The Morgan fingerprint density at radius 1 is 1.11 bits per heavy atom. The van der Waals surface area contributed by atoms with E-state index in [-0.39, 0.29) is 30.6 Å². The molecule has 2 aromatic carbocycles. The molecule has 2 fully saturated rings. The molecule has 0 aromatic heterocycles. The van der Waals surface area contributed by atoms with Crippen molar-refractivity contribution in [3.05, 3.63) is 59.7 Å². The van der Waals surface area contributed by atoms with Gasteiger partial charge < -0.3 is 20.1 Å².